The average Bonchev–Trinajstić information content (AvgIpc) is 2.15. The largest absolute Gasteiger partial charge is 0.330 e. The molecule has 0 aromatic rings. The van der Waals surface area contributed by atoms with Crippen LogP contribution in [0, 0.1) is 5.92 Å². The van der Waals surface area contributed by atoms with Crippen LogP contribution in [0.4, 0.5) is 0 Å². The molecule has 11 heavy (non-hydrogen) atoms. The molecule has 2 unspecified atom stereocenters. The van der Waals surface area contributed by atoms with E-state index in [0.717, 1.165) is 12.5 Å². The molecule has 1 saturated heterocycles. The summed E-state index contributed by atoms with van der Waals surface area (Å²) in [4.78, 5) is 2.37. The van der Waals surface area contributed by atoms with Gasteiger partial charge in [-0.2, -0.15) is 0 Å². The van der Waals surface area contributed by atoms with E-state index in [0.29, 0.717) is 6.04 Å². The van der Waals surface area contributed by atoms with Crippen LogP contribution in [-0.4, -0.2) is 31.1 Å². The lowest BCUT2D eigenvalue weighted by Crippen LogP contribution is -2.29. The van der Waals surface area contributed by atoms with Gasteiger partial charge in [0.25, 0.3) is 0 Å². The van der Waals surface area contributed by atoms with Crippen molar-refractivity contribution in [2.45, 2.75) is 19.4 Å². The van der Waals surface area contributed by atoms with Crippen molar-refractivity contribution in [3.05, 3.63) is 0 Å². The van der Waals surface area contributed by atoms with Gasteiger partial charge >= 0.3 is 0 Å². The molecule has 1 rings (SSSR count). The monoisotopic (exact) mass is 200 g/mol. The summed E-state index contributed by atoms with van der Waals surface area (Å²) in [5.74, 6) is 0.745. The molecule has 70 valence electrons. The van der Waals surface area contributed by atoms with Gasteiger partial charge in [0.2, 0.25) is 0 Å². The maximum absolute atomic E-state index is 5.56. The van der Waals surface area contributed by atoms with E-state index in [1.807, 2.05) is 0 Å². The van der Waals surface area contributed by atoms with Gasteiger partial charge in [-0.15, -0.1) is 24.8 Å². The Morgan fingerprint density at radius 2 is 2.00 bits per heavy atom. The highest BCUT2D eigenvalue weighted by atomic mass is 35.5. The van der Waals surface area contributed by atoms with Gasteiger partial charge in [-0.3, -0.25) is 0 Å². The van der Waals surface area contributed by atoms with Gasteiger partial charge in [0.1, 0.15) is 0 Å². The fourth-order valence-corrected chi connectivity index (χ4v) is 1.49. The second-order valence-corrected chi connectivity index (χ2v) is 3.01. The standard InChI is InChI=1S/C7H16N2.2ClH/c1-6-7(5-8)3-4-9(6)2;;/h6-7H,3-5,8H2,1-2H3;2*1H. The lowest BCUT2D eigenvalue weighted by Gasteiger charge is -2.18. The highest BCUT2D eigenvalue weighted by Crippen LogP contribution is 2.20. The smallest absolute Gasteiger partial charge is 0.0105 e. The maximum Gasteiger partial charge on any atom is 0.0105 e. The fourth-order valence-electron chi connectivity index (χ4n) is 1.49. The van der Waals surface area contributed by atoms with Gasteiger partial charge in [0.15, 0.2) is 0 Å². The van der Waals surface area contributed by atoms with Crippen LogP contribution >= 0.6 is 24.8 Å². The predicted molar refractivity (Wildman–Crippen MR) is 53.7 cm³/mol. The number of halogens is 2. The zero-order chi connectivity index (χ0) is 6.85. The molecule has 0 saturated carbocycles. The van der Waals surface area contributed by atoms with Gasteiger partial charge in [0, 0.05) is 6.04 Å². The third-order valence-corrected chi connectivity index (χ3v) is 2.53. The molecule has 1 aliphatic rings. The van der Waals surface area contributed by atoms with Crippen molar-refractivity contribution in [2.75, 3.05) is 20.1 Å². The molecule has 2 nitrogen and oxygen atoms in total. The maximum atomic E-state index is 5.56. The van der Waals surface area contributed by atoms with Crippen molar-refractivity contribution in [3.8, 4) is 0 Å². The summed E-state index contributed by atoms with van der Waals surface area (Å²) < 4.78 is 0. The minimum atomic E-state index is 0. The highest BCUT2D eigenvalue weighted by Gasteiger charge is 2.25. The zero-order valence-corrected chi connectivity index (χ0v) is 8.75. The number of nitrogens with two attached hydrogens (primary N) is 1. The molecule has 1 heterocycles. The quantitative estimate of drug-likeness (QED) is 0.689. The van der Waals surface area contributed by atoms with Crippen LogP contribution in [-0.2, 0) is 0 Å². The van der Waals surface area contributed by atoms with E-state index >= 15 is 0 Å². The Bertz CT molecular complexity index is 100. The molecule has 0 aromatic heterocycles. The molecule has 2 atom stereocenters. The van der Waals surface area contributed by atoms with E-state index in [-0.39, 0.29) is 24.8 Å². The topological polar surface area (TPSA) is 29.3 Å². The SMILES string of the molecule is CC1C(CN)CCN1C.Cl.Cl. The van der Waals surface area contributed by atoms with Crippen LogP contribution < -0.4 is 5.73 Å². The zero-order valence-electron chi connectivity index (χ0n) is 7.12. The summed E-state index contributed by atoms with van der Waals surface area (Å²) in [5, 5.41) is 0. The molecular weight excluding hydrogens is 183 g/mol. The number of hydrogen-bond acceptors (Lipinski definition) is 2. The van der Waals surface area contributed by atoms with Gasteiger partial charge in [-0.1, -0.05) is 0 Å². The fraction of sp³-hybridized carbons (Fsp3) is 1.00. The molecule has 1 fully saturated rings. The Labute approximate surface area is 81.3 Å². The molecule has 0 spiro atoms. The summed E-state index contributed by atoms with van der Waals surface area (Å²) in [7, 11) is 2.17. The predicted octanol–water partition coefficient (Wildman–Crippen LogP) is 1.13. The molecular formula is C7H18Cl2N2. The Morgan fingerprint density at radius 3 is 2.18 bits per heavy atom. The summed E-state index contributed by atoms with van der Waals surface area (Å²) in [5.41, 5.74) is 5.56. The summed E-state index contributed by atoms with van der Waals surface area (Å²) in [6.07, 6.45) is 1.29. The van der Waals surface area contributed by atoms with Gasteiger partial charge < -0.3 is 10.6 Å². The van der Waals surface area contributed by atoms with E-state index in [4.69, 9.17) is 5.73 Å². The van der Waals surface area contributed by atoms with Crippen LogP contribution in [0.3, 0.4) is 0 Å². The molecule has 0 amide bonds. The normalized spacial score (nSPS) is 30.8. The minimum absolute atomic E-state index is 0. The van der Waals surface area contributed by atoms with Crippen LogP contribution in [0.15, 0.2) is 0 Å². The number of rotatable bonds is 1. The van der Waals surface area contributed by atoms with Gasteiger partial charge in [-0.05, 0) is 39.4 Å². The summed E-state index contributed by atoms with van der Waals surface area (Å²) in [6, 6.07) is 0.704. The number of hydrogen-bond donors (Lipinski definition) is 1. The highest BCUT2D eigenvalue weighted by molar-refractivity contribution is 5.85. The lowest BCUT2D eigenvalue weighted by molar-refractivity contribution is 0.295. The first-order valence-corrected chi connectivity index (χ1v) is 3.66. The van der Waals surface area contributed by atoms with Crippen molar-refractivity contribution in [1.82, 2.24) is 4.90 Å². The minimum Gasteiger partial charge on any atom is -0.330 e. The Hall–Kier alpha value is 0.500. The van der Waals surface area contributed by atoms with E-state index in [1.54, 1.807) is 0 Å². The number of nitrogens with zero attached hydrogens (tertiary/aromatic N) is 1. The van der Waals surface area contributed by atoms with Crippen molar-refractivity contribution < 1.29 is 0 Å². The molecule has 2 N–H and O–H groups in total. The van der Waals surface area contributed by atoms with Crippen LogP contribution in [0.2, 0.25) is 0 Å². The van der Waals surface area contributed by atoms with E-state index in [2.05, 4.69) is 18.9 Å². The average molecular weight is 201 g/mol. The van der Waals surface area contributed by atoms with Gasteiger partial charge in [-0.25, -0.2) is 0 Å². The van der Waals surface area contributed by atoms with Crippen molar-refractivity contribution in [3.63, 3.8) is 0 Å². The Kier molecular flexibility index (Phi) is 7.75. The van der Waals surface area contributed by atoms with Crippen molar-refractivity contribution in [2.24, 2.45) is 11.7 Å². The Morgan fingerprint density at radius 1 is 1.45 bits per heavy atom. The first kappa shape index (κ1) is 14.0. The number of likely N-dealkylation sites (tertiary alicyclic amines) is 1. The first-order valence-electron chi connectivity index (χ1n) is 3.66. The van der Waals surface area contributed by atoms with E-state index in [1.165, 1.54) is 13.0 Å². The molecule has 0 aliphatic carbocycles. The molecule has 0 bridgehead atoms. The third-order valence-electron chi connectivity index (χ3n) is 2.53. The molecule has 0 radical (unpaired) electrons. The Balaban J connectivity index is 0. The van der Waals surface area contributed by atoms with Crippen molar-refractivity contribution >= 4 is 24.8 Å². The third kappa shape index (κ3) is 3.16. The van der Waals surface area contributed by atoms with E-state index in [9.17, 15) is 0 Å². The van der Waals surface area contributed by atoms with Crippen LogP contribution in [0.1, 0.15) is 13.3 Å². The summed E-state index contributed by atoms with van der Waals surface area (Å²) >= 11 is 0. The summed E-state index contributed by atoms with van der Waals surface area (Å²) in [6.45, 7) is 4.33. The van der Waals surface area contributed by atoms with Crippen molar-refractivity contribution in [1.29, 1.82) is 0 Å². The lowest BCUT2D eigenvalue weighted by atomic mass is 10.0. The first-order chi connectivity index (χ1) is 4.25. The van der Waals surface area contributed by atoms with E-state index < -0.39 is 0 Å². The molecule has 4 heteroatoms. The van der Waals surface area contributed by atoms with Gasteiger partial charge in [0.05, 0.1) is 0 Å². The molecule has 1 aliphatic heterocycles. The second-order valence-electron chi connectivity index (χ2n) is 3.01. The van der Waals surface area contributed by atoms with Crippen LogP contribution in [0.5, 0.6) is 0 Å². The van der Waals surface area contributed by atoms with Crippen LogP contribution in [0.25, 0.3) is 0 Å². The molecule has 0 aromatic carbocycles. The second kappa shape index (κ2) is 6.06.